The zero-order valence-electron chi connectivity index (χ0n) is 13.4. The molecule has 0 saturated heterocycles. The molecule has 0 unspecified atom stereocenters. The predicted octanol–water partition coefficient (Wildman–Crippen LogP) is 4.63. The fourth-order valence-corrected chi connectivity index (χ4v) is 2.33. The van der Waals surface area contributed by atoms with Crippen LogP contribution in [0.3, 0.4) is 0 Å². The quantitative estimate of drug-likeness (QED) is 0.834. The standard InChI is InChI=1S/C19H25NO/c1-14(2)21-19-10-6-8-17(12-19)13-20-16(4)18-9-5-7-15(3)11-18/h5-12,14,16,20H,13H2,1-4H3/t16-/m1/s1. The van der Waals surface area contributed by atoms with Crippen molar-refractivity contribution in [3.05, 3.63) is 65.2 Å². The maximum absolute atomic E-state index is 5.73. The van der Waals surface area contributed by atoms with E-state index < -0.39 is 0 Å². The third kappa shape index (κ3) is 4.91. The van der Waals surface area contributed by atoms with E-state index in [2.05, 4.69) is 55.6 Å². The molecule has 1 N–H and O–H groups in total. The maximum atomic E-state index is 5.73. The molecule has 2 aromatic carbocycles. The number of ether oxygens (including phenoxy) is 1. The van der Waals surface area contributed by atoms with Crippen LogP contribution in [0, 0.1) is 6.92 Å². The highest BCUT2D eigenvalue weighted by Gasteiger charge is 2.05. The Kier molecular flexibility index (Phi) is 5.40. The largest absolute Gasteiger partial charge is 0.491 e. The summed E-state index contributed by atoms with van der Waals surface area (Å²) in [6.07, 6.45) is 0.208. The summed E-state index contributed by atoms with van der Waals surface area (Å²) >= 11 is 0. The van der Waals surface area contributed by atoms with Crippen LogP contribution in [0.15, 0.2) is 48.5 Å². The van der Waals surface area contributed by atoms with Crippen LogP contribution in [-0.4, -0.2) is 6.10 Å². The van der Waals surface area contributed by atoms with Gasteiger partial charge in [0.1, 0.15) is 5.75 Å². The highest BCUT2D eigenvalue weighted by Crippen LogP contribution is 2.17. The van der Waals surface area contributed by atoms with E-state index in [4.69, 9.17) is 4.74 Å². The third-order valence-electron chi connectivity index (χ3n) is 3.42. The van der Waals surface area contributed by atoms with Crippen molar-refractivity contribution in [2.75, 3.05) is 0 Å². The second-order valence-corrected chi connectivity index (χ2v) is 5.83. The molecule has 21 heavy (non-hydrogen) atoms. The molecule has 0 aliphatic rings. The zero-order valence-corrected chi connectivity index (χ0v) is 13.4. The van der Waals surface area contributed by atoms with Gasteiger partial charge in [-0.2, -0.15) is 0 Å². The number of aryl methyl sites for hydroxylation is 1. The van der Waals surface area contributed by atoms with Gasteiger partial charge in [-0.1, -0.05) is 42.0 Å². The molecule has 0 radical (unpaired) electrons. The molecular formula is C19H25NO. The normalized spacial score (nSPS) is 12.4. The molecular weight excluding hydrogens is 258 g/mol. The molecule has 112 valence electrons. The van der Waals surface area contributed by atoms with E-state index in [1.54, 1.807) is 0 Å². The molecule has 0 aliphatic carbocycles. The fraction of sp³-hybridized carbons (Fsp3) is 0.368. The third-order valence-corrected chi connectivity index (χ3v) is 3.42. The minimum Gasteiger partial charge on any atom is -0.491 e. The molecule has 0 bridgehead atoms. The first-order valence-corrected chi connectivity index (χ1v) is 7.60. The van der Waals surface area contributed by atoms with E-state index in [-0.39, 0.29) is 6.10 Å². The minimum atomic E-state index is 0.208. The Morgan fingerprint density at radius 2 is 1.76 bits per heavy atom. The summed E-state index contributed by atoms with van der Waals surface area (Å²) in [7, 11) is 0. The average Bonchev–Trinajstić information content (AvgIpc) is 2.44. The SMILES string of the molecule is Cc1cccc([C@@H](C)NCc2cccc(OC(C)C)c2)c1. The van der Waals surface area contributed by atoms with Gasteiger partial charge in [-0.05, 0) is 51.0 Å². The molecule has 2 nitrogen and oxygen atoms in total. The van der Waals surface area contributed by atoms with Gasteiger partial charge in [0.05, 0.1) is 6.10 Å². The van der Waals surface area contributed by atoms with E-state index in [0.29, 0.717) is 6.04 Å². The smallest absolute Gasteiger partial charge is 0.120 e. The van der Waals surface area contributed by atoms with Gasteiger partial charge in [0.15, 0.2) is 0 Å². The Morgan fingerprint density at radius 1 is 1.00 bits per heavy atom. The van der Waals surface area contributed by atoms with Crippen molar-refractivity contribution in [2.45, 2.75) is 46.4 Å². The molecule has 0 aromatic heterocycles. The van der Waals surface area contributed by atoms with Crippen LogP contribution in [0.2, 0.25) is 0 Å². The highest BCUT2D eigenvalue weighted by atomic mass is 16.5. The molecule has 0 spiro atoms. The Hall–Kier alpha value is -1.80. The van der Waals surface area contributed by atoms with E-state index in [9.17, 15) is 0 Å². The monoisotopic (exact) mass is 283 g/mol. The molecule has 1 atom stereocenters. The van der Waals surface area contributed by atoms with E-state index in [1.165, 1.54) is 16.7 Å². The summed E-state index contributed by atoms with van der Waals surface area (Å²) < 4.78 is 5.73. The van der Waals surface area contributed by atoms with Crippen LogP contribution in [0.1, 0.15) is 43.5 Å². The molecule has 0 aliphatic heterocycles. The van der Waals surface area contributed by atoms with Crippen LogP contribution in [0.4, 0.5) is 0 Å². The number of benzene rings is 2. The summed E-state index contributed by atoms with van der Waals surface area (Å²) in [4.78, 5) is 0. The summed E-state index contributed by atoms with van der Waals surface area (Å²) in [5, 5.41) is 3.57. The highest BCUT2D eigenvalue weighted by molar-refractivity contribution is 5.29. The van der Waals surface area contributed by atoms with Crippen LogP contribution >= 0.6 is 0 Å². The lowest BCUT2D eigenvalue weighted by Crippen LogP contribution is -2.18. The Morgan fingerprint density at radius 3 is 2.48 bits per heavy atom. The van der Waals surface area contributed by atoms with Crippen molar-refractivity contribution in [3.63, 3.8) is 0 Å². The van der Waals surface area contributed by atoms with Crippen molar-refractivity contribution in [2.24, 2.45) is 0 Å². The first-order valence-electron chi connectivity index (χ1n) is 7.60. The minimum absolute atomic E-state index is 0.208. The van der Waals surface area contributed by atoms with Gasteiger partial charge in [0.2, 0.25) is 0 Å². The molecule has 0 saturated carbocycles. The van der Waals surface area contributed by atoms with Crippen LogP contribution in [0.25, 0.3) is 0 Å². The van der Waals surface area contributed by atoms with Crippen molar-refractivity contribution < 1.29 is 4.74 Å². The van der Waals surface area contributed by atoms with Gasteiger partial charge in [-0.25, -0.2) is 0 Å². The Labute approximate surface area is 128 Å². The van der Waals surface area contributed by atoms with Gasteiger partial charge in [-0.3, -0.25) is 0 Å². The van der Waals surface area contributed by atoms with Gasteiger partial charge in [0.25, 0.3) is 0 Å². The second kappa shape index (κ2) is 7.28. The molecule has 0 heterocycles. The molecule has 0 fully saturated rings. The molecule has 2 heteroatoms. The summed E-state index contributed by atoms with van der Waals surface area (Å²) in [6, 6.07) is 17.3. The number of hydrogen-bond acceptors (Lipinski definition) is 2. The van der Waals surface area contributed by atoms with E-state index in [1.807, 2.05) is 26.0 Å². The lowest BCUT2D eigenvalue weighted by Gasteiger charge is -2.16. The molecule has 0 amide bonds. The van der Waals surface area contributed by atoms with Gasteiger partial charge < -0.3 is 10.1 Å². The number of rotatable bonds is 6. The number of hydrogen-bond donors (Lipinski definition) is 1. The second-order valence-electron chi connectivity index (χ2n) is 5.83. The zero-order chi connectivity index (χ0) is 15.2. The molecule has 2 aromatic rings. The summed E-state index contributed by atoms with van der Waals surface area (Å²) in [6.45, 7) is 9.26. The predicted molar refractivity (Wildman–Crippen MR) is 88.6 cm³/mol. The van der Waals surface area contributed by atoms with E-state index in [0.717, 1.165) is 12.3 Å². The first kappa shape index (κ1) is 15.6. The average molecular weight is 283 g/mol. The van der Waals surface area contributed by atoms with E-state index >= 15 is 0 Å². The van der Waals surface area contributed by atoms with Crippen LogP contribution < -0.4 is 10.1 Å². The van der Waals surface area contributed by atoms with Gasteiger partial charge >= 0.3 is 0 Å². The topological polar surface area (TPSA) is 21.3 Å². The summed E-state index contributed by atoms with van der Waals surface area (Å²) in [5.41, 5.74) is 3.87. The number of nitrogens with one attached hydrogen (secondary N) is 1. The van der Waals surface area contributed by atoms with Crippen LogP contribution in [0.5, 0.6) is 5.75 Å². The fourth-order valence-electron chi connectivity index (χ4n) is 2.33. The van der Waals surface area contributed by atoms with Gasteiger partial charge in [0, 0.05) is 12.6 Å². The first-order chi connectivity index (χ1) is 10.0. The van der Waals surface area contributed by atoms with Gasteiger partial charge in [-0.15, -0.1) is 0 Å². The Balaban J connectivity index is 1.96. The van der Waals surface area contributed by atoms with Crippen molar-refractivity contribution in [1.82, 2.24) is 5.32 Å². The Bertz CT molecular complexity index is 577. The lowest BCUT2D eigenvalue weighted by atomic mass is 10.1. The van der Waals surface area contributed by atoms with Crippen molar-refractivity contribution >= 4 is 0 Å². The molecule has 2 rings (SSSR count). The van der Waals surface area contributed by atoms with Crippen LogP contribution in [-0.2, 0) is 6.54 Å². The van der Waals surface area contributed by atoms with Crippen molar-refractivity contribution in [1.29, 1.82) is 0 Å². The summed E-state index contributed by atoms with van der Waals surface area (Å²) in [5.74, 6) is 0.938. The lowest BCUT2D eigenvalue weighted by molar-refractivity contribution is 0.242. The van der Waals surface area contributed by atoms with Crippen molar-refractivity contribution in [3.8, 4) is 5.75 Å². The maximum Gasteiger partial charge on any atom is 0.120 e.